The number of hydrogen-bond donors (Lipinski definition) is 1. The van der Waals surface area contributed by atoms with Crippen LogP contribution in [0.25, 0.3) is 0 Å². The molecule has 0 saturated heterocycles. The highest BCUT2D eigenvalue weighted by Crippen LogP contribution is 2.22. The van der Waals surface area contributed by atoms with Gasteiger partial charge in [-0.05, 0) is 50.8 Å². The van der Waals surface area contributed by atoms with Crippen LogP contribution in [0.5, 0.6) is 5.75 Å². The lowest BCUT2D eigenvalue weighted by molar-refractivity contribution is 0.0946. The maximum atomic E-state index is 12.2. The Hall–Kier alpha value is -1.85. The van der Waals surface area contributed by atoms with E-state index < -0.39 is 0 Å². The lowest BCUT2D eigenvalue weighted by Gasteiger charge is -2.25. The van der Waals surface area contributed by atoms with E-state index in [0.29, 0.717) is 6.54 Å². The van der Waals surface area contributed by atoms with Crippen LogP contribution in [0.3, 0.4) is 0 Å². The van der Waals surface area contributed by atoms with E-state index in [0.717, 1.165) is 21.1 Å². The van der Waals surface area contributed by atoms with Gasteiger partial charge in [0, 0.05) is 11.4 Å². The van der Waals surface area contributed by atoms with Crippen LogP contribution in [0.4, 0.5) is 0 Å². The number of hydrogen-bond acceptors (Lipinski definition) is 4. The molecule has 2 rings (SSSR count). The lowest BCUT2D eigenvalue weighted by Crippen LogP contribution is -2.34. The summed E-state index contributed by atoms with van der Waals surface area (Å²) >= 11 is 1.51. The zero-order valence-electron chi connectivity index (χ0n) is 13.4. The minimum Gasteiger partial charge on any atom is -0.497 e. The fourth-order valence-corrected chi connectivity index (χ4v) is 3.06. The number of carbonyl (C=O) groups excluding carboxylic acids is 1. The first kappa shape index (κ1) is 16.5. The Morgan fingerprint density at radius 3 is 2.68 bits per heavy atom. The molecule has 1 N–H and O–H groups in total. The number of aryl methyl sites for hydroxylation is 1. The monoisotopic (exact) mass is 318 g/mol. The molecule has 1 aromatic heterocycles. The summed E-state index contributed by atoms with van der Waals surface area (Å²) in [6.45, 7) is 2.55. The quantitative estimate of drug-likeness (QED) is 0.890. The van der Waals surface area contributed by atoms with E-state index in [1.165, 1.54) is 11.3 Å². The molecular weight excluding hydrogens is 296 g/mol. The van der Waals surface area contributed by atoms with Crippen molar-refractivity contribution < 1.29 is 9.53 Å². The number of benzene rings is 1. The van der Waals surface area contributed by atoms with Gasteiger partial charge in [-0.2, -0.15) is 0 Å². The van der Waals surface area contributed by atoms with Gasteiger partial charge in [0.05, 0.1) is 18.0 Å². The van der Waals surface area contributed by atoms with Crippen molar-refractivity contribution in [3.8, 4) is 5.75 Å². The molecule has 2 aromatic rings. The van der Waals surface area contributed by atoms with Crippen LogP contribution < -0.4 is 10.1 Å². The number of carbonyl (C=O) groups is 1. The molecule has 5 heteroatoms. The number of amides is 1. The maximum absolute atomic E-state index is 12.2. The number of nitrogens with zero attached hydrogens (tertiary/aromatic N) is 1. The van der Waals surface area contributed by atoms with Crippen LogP contribution >= 0.6 is 11.3 Å². The third-order valence-electron chi connectivity index (χ3n) is 3.52. The number of thiophene rings is 1. The molecule has 0 radical (unpaired) electrons. The van der Waals surface area contributed by atoms with Crippen LogP contribution in [-0.2, 0) is 0 Å². The normalized spacial score (nSPS) is 12.2. The van der Waals surface area contributed by atoms with E-state index in [1.807, 2.05) is 51.4 Å². The fourth-order valence-electron chi connectivity index (χ4n) is 2.28. The molecular formula is C17H22N2O2S. The van der Waals surface area contributed by atoms with Gasteiger partial charge in [0.1, 0.15) is 5.75 Å². The molecule has 0 fully saturated rings. The highest BCUT2D eigenvalue weighted by Gasteiger charge is 2.17. The van der Waals surface area contributed by atoms with E-state index in [1.54, 1.807) is 7.11 Å². The molecule has 0 bridgehead atoms. The molecule has 1 unspecified atom stereocenters. The Morgan fingerprint density at radius 1 is 1.32 bits per heavy atom. The Kier molecular flexibility index (Phi) is 5.57. The van der Waals surface area contributed by atoms with Crippen molar-refractivity contribution in [2.75, 3.05) is 27.7 Å². The Labute approximate surface area is 135 Å². The first-order chi connectivity index (χ1) is 10.5. The van der Waals surface area contributed by atoms with Gasteiger partial charge in [-0.25, -0.2) is 0 Å². The van der Waals surface area contributed by atoms with Crippen LogP contribution in [0.15, 0.2) is 36.4 Å². The summed E-state index contributed by atoms with van der Waals surface area (Å²) in [5.74, 6) is 0.803. The van der Waals surface area contributed by atoms with Crippen molar-refractivity contribution in [1.82, 2.24) is 10.2 Å². The van der Waals surface area contributed by atoms with E-state index in [4.69, 9.17) is 4.74 Å². The topological polar surface area (TPSA) is 41.6 Å². The second kappa shape index (κ2) is 7.42. The van der Waals surface area contributed by atoms with E-state index in [9.17, 15) is 4.79 Å². The van der Waals surface area contributed by atoms with Crippen molar-refractivity contribution in [3.05, 3.63) is 51.7 Å². The molecule has 0 spiro atoms. The van der Waals surface area contributed by atoms with Crippen molar-refractivity contribution >= 4 is 17.2 Å². The second-order valence-corrected chi connectivity index (χ2v) is 6.66. The van der Waals surface area contributed by atoms with Crippen LogP contribution in [-0.4, -0.2) is 38.6 Å². The van der Waals surface area contributed by atoms with Gasteiger partial charge >= 0.3 is 0 Å². The maximum Gasteiger partial charge on any atom is 0.261 e. The highest BCUT2D eigenvalue weighted by atomic mass is 32.1. The summed E-state index contributed by atoms with van der Waals surface area (Å²) in [6, 6.07) is 11.9. The average molecular weight is 318 g/mol. The summed E-state index contributed by atoms with van der Waals surface area (Å²) in [7, 11) is 5.67. The van der Waals surface area contributed by atoms with Gasteiger partial charge in [0.15, 0.2) is 0 Å². The molecule has 0 aliphatic rings. The second-order valence-electron chi connectivity index (χ2n) is 5.38. The predicted octanol–water partition coefficient (Wildman–Crippen LogP) is 3.10. The third-order valence-corrected chi connectivity index (χ3v) is 4.52. The minimum atomic E-state index is -0.0205. The van der Waals surface area contributed by atoms with Gasteiger partial charge in [-0.3, -0.25) is 4.79 Å². The molecule has 1 atom stereocenters. The van der Waals surface area contributed by atoms with Crippen molar-refractivity contribution in [2.24, 2.45) is 0 Å². The zero-order chi connectivity index (χ0) is 16.1. The lowest BCUT2D eigenvalue weighted by atomic mass is 10.1. The Bertz CT molecular complexity index is 637. The third kappa shape index (κ3) is 4.08. The number of ether oxygens (including phenoxy) is 1. The molecule has 118 valence electrons. The van der Waals surface area contributed by atoms with Gasteiger partial charge in [-0.1, -0.05) is 12.1 Å². The number of likely N-dealkylation sites (N-methyl/N-ethyl adjacent to an activating group) is 1. The molecule has 22 heavy (non-hydrogen) atoms. The average Bonchev–Trinajstić information content (AvgIpc) is 2.94. The van der Waals surface area contributed by atoms with E-state index >= 15 is 0 Å². The summed E-state index contributed by atoms with van der Waals surface area (Å²) in [4.78, 5) is 16.2. The standard InChI is InChI=1S/C17H22N2O2S/c1-12-8-9-16(22-12)17(20)18-11-15(19(2)3)13-6-5-7-14(10-13)21-4/h5-10,15H,11H2,1-4H3,(H,18,20). The van der Waals surface area contributed by atoms with Crippen molar-refractivity contribution in [3.63, 3.8) is 0 Å². The number of nitrogens with one attached hydrogen (secondary N) is 1. The summed E-state index contributed by atoms with van der Waals surface area (Å²) in [5.41, 5.74) is 1.12. The Morgan fingerprint density at radius 2 is 2.09 bits per heavy atom. The minimum absolute atomic E-state index is 0.0205. The molecule has 4 nitrogen and oxygen atoms in total. The Balaban J connectivity index is 2.07. The summed E-state index contributed by atoms with van der Waals surface area (Å²) in [5, 5.41) is 3.02. The fraction of sp³-hybridized carbons (Fsp3) is 0.353. The number of methoxy groups -OCH3 is 1. The molecule has 0 saturated carbocycles. The van der Waals surface area contributed by atoms with Crippen molar-refractivity contribution in [1.29, 1.82) is 0 Å². The number of rotatable bonds is 6. The molecule has 1 heterocycles. The van der Waals surface area contributed by atoms with Gasteiger partial charge < -0.3 is 15.0 Å². The van der Waals surface area contributed by atoms with Gasteiger partial charge in [0.2, 0.25) is 0 Å². The molecule has 1 aromatic carbocycles. The first-order valence-electron chi connectivity index (χ1n) is 7.16. The van der Waals surface area contributed by atoms with Gasteiger partial charge in [0.25, 0.3) is 5.91 Å². The SMILES string of the molecule is COc1cccc(C(CNC(=O)c2ccc(C)s2)N(C)C)c1. The summed E-state index contributed by atoms with van der Waals surface area (Å²) in [6.07, 6.45) is 0. The van der Waals surface area contributed by atoms with Gasteiger partial charge in [-0.15, -0.1) is 11.3 Å². The first-order valence-corrected chi connectivity index (χ1v) is 7.98. The zero-order valence-corrected chi connectivity index (χ0v) is 14.2. The van der Waals surface area contributed by atoms with Crippen LogP contribution in [0.1, 0.15) is 26.2 Å². The smallest absolute Gasteiger partial charge is 0.261 e. The highest BCUT2D eigenvalue weighted by molar-refractivity contribution is 7.13. The van der Waals surface area contributed by atoms with Crippen LogP contribution in [0, 0.1) is 6.92 Å². The van der Waals surface area contributed by atoms with E-state index in [2.05, 4.69) is 16.3 Å². The molecule has 0 aliphatic heterocycles. The van der Waals surface area contributed by atoms with E-state index in [-0.39, 0.29) is 11.9 Å². The largest absolute Gasteiger partial charge is 0.497 e. The molecule has 0 aliphatic carbocycles. The molecule has 1 amide bonds. The van der Waals surface area contributed by atoms with Crippen LogP contribution in [0.2, 0.25) is 0 Å². The van der Waals surface area contributed by atoms with Crippen molar-refractivity contribution in [2.45, 2.75) is 13.0 Å². The summed E-state index contributed by atoms with van der Waals surface area (Å²) < 4.78 is 5.28. The predicted molar refractivity (Wildman–Crippen MR) is 90.8 cm³/mol.